The Morgan fingerprint density at radius 1 is 0.842 bits per heavy atom. The molecule has 0 aliphatic carbocycles. The first kappa shape index (κ1) is 14.1. The zero-order valence-corrected chi connectivity index (χ0v) is 13.9. The molecule has 2 aromatic rings. The molecule has 94 valence electrons. The van der Waals surface area contributed by atoms with Gasteiger partial charge in [-0.25, -0.2) is 0 Å². The third-order valence-electron chi connectivity index (χ3n) is 3.29. The Labute approximate surface area is 126 Å². The molecule has 2 radical (unpaired) electrons. The van der Waals surface area contributed by atoms with Crippen molar-refractivity contribution < 1.29 is 0 Å². The molecular weight excluding hydrogens is 335 g/mol. The van der Waals surface area contributed by atoms with Gasteiger partial charge in [-0.2, -0.15) is 0 Å². The molecule has 0 aromatic heterocycles. The van der Waals surface area contributed by atoms with Gasteiger partial charge in [0.05, 0.1) is 0 Å². The van der Waals surface area contributed by atoms with E-state index in [-0.39, 0.29) is 3.43 Å². The van der Waals surface area contributed by atoms with Crippen molar-refractivity contribution >= 4 is 21.1 Å². The Kier molecular flexibility index (Phi) is 5.03. The molecule has 0 aliphatic heterocycles. The van der Waals surface area contributed by atoms with Crippen molar-refractivity contribution in [3.63, 3.8) is 0 Å². The average molecular weight is 353 g/mol. The summed E-state index contributed by atoms with van der Waals surface area (Å²) in [7, 11) is 0. The molecule has 0 saturated heterocycles. The van der Waals surface area contributed by atoms with Crippen molar-refractivity contribution in [3.8, 4) is 0 Å². The first-order chi connectivity index (χ1) is 9.33. The summed E-state index contributed by atoms with van der Waals surface area (Å²) in [5, 5.41) is 0. The zero-order valence-electron chi connectivity index (χ0n) is 11.0. The fourth-order valence-corrected chi connectivity index (χ4v) is 6.17. The van der Waals surface area contributed by atoms with Crippen LogP contribution in [0, 0.1) is 0 Å². The van der Waals surface area contributed by atoms with E-state index in [0.29, 0.717) is 0 Å². The van der Waals surface area contributed by atoms with Crippen LogP contribution >= 0.6 is 0 Å². The van der Waals surface area contributed by atoms with E-state index in [9.17, 15) is 0 Å². The molecular formula is C18H18Sn. The van der Waals surface area contributed by atoms with E-state index < -0.39 is 21.1 Å². The van der Waals surface area contributed by atoms with E-state index in [0.717, 1.165) is 4.44 Å². The maximum absolute atomic E-state index is 4.15. The maximum atomic E-state index is 4.15. The SMILES string of the molecule is C=C[CH2][Sn][C](C=C)(c1ccccc1)c1ccccc1. The van der Waals surface area contributed by atoms with Crippen molar-refractivity contribution in [2.75, 3.05) is 0 Å². The fourth-order valence-electron chi connectivity index (χ4n) is 2.31. The molecule has 0 saturated carbocycles. The van der Waals surface area contributed by atoms with Gasteiger partial charge in [-0.1, -0.05) is 0 Å². The normalized spacial score (nSPS) is 10.9. The summed E-state index contributed by atoms with van der Waals surface area (Å²) in [4.78, 5) is 0. The van der Waals surface area contributed by atoms with E-state index >= 15 is 0 Å². The zero-order chi connectivity index (χ0) is 13.6. The summed E-state index contributed by atoms with van der Waals surface area (Å²) < 4.78 is 1.18. The van der Waals surface area contributed by atoms with Crippen LogP contribution in [0.3, 0.4) is 0 Å². The van der Waals surface area contributed by atoms with Crippen LogP contribution in [0.1, 0.15) is 11.1 Å². The third kappa shape index (κ3) is 3.00. The van der Waals surface area contributed by atoms with Crippen molar-refractivity contribution in [2.45, 2.75) is 7.87 Å². The van der Waals surface area contributed by atoms with Crippen LogP contribution in [-0.2, 0) is 3.43 Å². The Morgan fingerprint density at radius 3 is 1.68 bits per heavy atom. The molecule has 19 heavy (non-hydrogen) atoms. The minimum absolute atomic E-state index is 0.0417. The van der Waals surface area contributed by atoms with Crippen LogP contribution in [0.4, 0.5) is 0 Å². The van der Waals surface area contributed by atoms with E-state index in [1.165, 1.54) is 11.1 Å². The van der Waals surface area contributed by atoms with Crippen LogP contribution in [0.5, 0.6) is 0 Å². The molecule has 2 rings (SSSR count). The van der Waals surface area contributed by atoms with Crippen LogP contribution < -0.4 is 0 Å². The van der Waals surface area contributed by atoms with Gasteiger partial charge >= 0.3 is 126 Å². The molecule has 0 amide bonds. The molecule has 2 aromatic carbocycles. The van der Waals surface area contributed by atoms with Gasteiger partial charge in [0.25, 0.3) is 0 Å². The van der Waals surface area contributed by atoms with Gasteiger partial charge in [0.2, 0.25) is 0 Å². The summed E-state index contributed by atoms with van der Waals surface area (Å²) in [6.45, 7) is 8.04. The second kappa shape index (κ2) is 6.76. The number of allylic oxidation sites excluding steroid dienone is 2. The van der Waals surface area contributed by atoms with E-state index in [4.69, 9.17) is 0 Å². The van der Waals surface area contributed by atoms with Gasteiger partial charge in [0.15, 0.2) is 0 Å². The average Bonchev–Trinajstić information content (AvgIpc) is 2.51. The monoisotopic (exact) mass is 354 g/mol. The Bertz CT molecular complexity index is 489. The van der Waals surface area contributed by atoms with Gasteiger partial charge < -0.3 is 0 Å². The Morgan fingerprint density at radius 2 is 1.32 bits per heavy atom. The van der Waals surface area contributed by atoms with Crippen molar-refractivity contribution in [1.82, 2.24) is 0 Å². The minimum atomic E-state index is -0.730. The van der Waals surface area contributed by atoms with Crippen LogP contribution in [0.15, 0.2) is 86.0 Å². The van der Waals surface area contributed by atoms with Crippen molar-refractivity contribution in [2.24, 2.45) is 0 Å². The number of hydrogen-bond acceptors (Lipinski definition) is 0. The molecule has 0 atom stereocenters. The summed E-state index contributed by atoms with van der Waals surface area (Å²) in [6.07, 6.45) is 4.20. The summed E-state index contributed by atoms with van der Waals surface area (Å²) in [6, 6.07) is 21.5. The predicted octanol–water partition coefficient (Wildman–Crippen LogP) is 4.42. The van der Waals surface area contributed by atoms with Crippen LogP contribution in [-0.4, -0.2) is 21.1 Å². The quantitative estimate of drug-likeness (QED) is 0.533. The van der Waals surface area contributed by atoms with Gasteiger partial charge in [0.1, 0.15) is 0 Å². The fraction of sp³-hybridized carbons (Fsp3) is 0.111. The molecule has 0 fully saturated rings. The molecule has 0 aliphatic rings. The summed E-state index contributed by atoms with van der Waals surface area (Å²) in [5.41, 5.74) is 2.73. The van der Waals surface area contributed by atoms with E-state index in [1.807, 2.05) is 0 Å². The van der Waals surface area contributed by atoms with E-state index in [1.54, 1.807) is 0 Å². The number of rotatable bonds is 6. The van der Waals surface area contributed by atoms with Gasteiger partial charge in [0, 0.05) is 0 Å². The van der Waals surface area contributed by atoms with Crippen LogP contribution in [0.25, 0.3) is 0 Å². The first-order valence-electron chi connectivity index (χ1n) is 6.44. The van der Waals surface area contributed by atoms with Gasteiger partial charge in [-0.05, 0) is 0 Å². The third-order valence-corrected chi connectivity index (χ3v) is 8.52. The van der Waals surface area contributed by atoms with Crippen molar-refractivity contribution in [3.05, 3.63) is 97.1 Å². The van der Waals surface area contributed by atoms with Crippen LogP contribution in [0.2, 0.25) is 4.44 Å². The van der Waals surface area contributed by atoms with Crippen molar-refractivity contribution in [1.29, 1.82) is 0 Å². The molecule has 0 spiro atoms. The Hall–Kier alpha value is -1.28. The number of benzene rings is 2. The molecule has 0 bridgehead atoms. The molecule has 1 heteroatoms. The standard InChI is InChI=1S/C15H13.C3H5.Sn/c1-2-15(13-9-5-3-6-10-13)14-11-7-4-8-12-14;1-3-2;/h2-12H,1H2;3H,1-2H2;. The number of hydrogen-bond donors (Lipinski definition) is 0. The predicted molar refractivity (Wildman–Crippen MR) is 84.6 cm³/mol. The van der Waals surface area contributed by atoms with Gasteiger partial charge in [-0.15, -0.1) is 0 Å². The summed E-state index contributed by atoms with van der Waals surface area (Å²) in [5.74, 6) is 0. The second-order valence-electron chi connectivity index (χ2n) is 4.41. The second-order valence-corrected chi connectivity index (χ2v) is 8.84. The van der Waals surface area contributed by atoms with E-state index in [2.05, 4.69) is 86.0 Å². The first-order valence-corrected chi connectivity index (χ1v) is 9.88. The molecule has 0 N–H and O–H groups in total. The molecule has 0 nitrogen and oxygen atoms in total. The summed E-state index contributed by atoms with van der Waals surface area (Å²) >= 11 is -0.730. The van der Waals surface area contributed by atoms with Gasteiger partial charge in [-0.3, -0.25) is 0 Å². The Balaban J connectivity index is 2.54. The molecule has 0 unspecified atom stereocenters. The molecule has 0 heterocycles. The topological polar surface area (TPSA) is 0 Å².